The molecular formula is C8H14N4O3S2. The summed E-state index contributed by atoms with van der Waals surface area (Å²) in [6.45, 7) is 1.77. The lowest BCUT2D eigenvalue weighted by Crippen LogP contribution is -2.27. The van der Waals surface area contributed by atoms with Gasteiger partial charge in [0.15, 0.2) is 0 Å². The lowest BCUT2D eigenvalue weighted by Gasteiger charge is -2.08. The van der Waals surface area contributed by atoms with Crippen LogP contribution in [0.3, 0.4) is 0 Å². The molecule has 0 aliphatic carbocycles. The van der Waals surface area contributed by atoms with Gasteiger partial charge in [-0.05, 0) is 6.42 Å². The third-order valence-electron chi connectivity index (χ3n) is 1.77. The fourth-order valence-electron chi connectivity index (χ4n) is 0.945. The van der Waals surface area contributed by atoms with E-state index in [0.29, 0.717) is 6.42 Å². The van der Waals surface area contributed by atoms with Gasteiger partial charge < -0.3 is 4.90 Å². The molecule has 1 N–H and O–H groups in total. The van der Waals surface area contributed by atoms with Crippen LogP contribution >= 0.6 is 11.3 Å². The van der Waals surface area contributed by atoms with Crippen molar-refractivity contribution in [3.05, 3.63) is 0 Å². The molecule has 9 heteroatoms. The highest BCUT2D eigenvalue weighted by atomic mass is 32.2. The number of aromatic nitrogens is 2. The lowest BCUT2D eigenvalue weighted by molar-refractivity contribution is 0.230. The van der Waals surface area contributed by atoms with Crippen LogP contribution in [0.2, 0.25) is 0 Å². The molecule has 0 radical (unpaired) electrons. The van der Waals surface area contributed by atoms with E-state index in [-0.39, 0.29) is 21.3 Å². The van der Waals surface area contributed by atoms with Gasteiger partial charge >= 0.3 is 6.03 Å². The number of rotatable bonds is 4. The molecule has 0 aliphatic rings. The van der Waals surface area contributed by atoms with Gasteiger partial charge in [0.25, 0.3) is 0 Å². The van der Waals surface area contributed by atoms with Crippen LogP contribution in [0.1, 0.15) is 13.3 Å². The minimum atomic E-state index is -3.37. The van der Waals surface area contributed by atoms with Crippen molar-refractivity contribution in [1.82, 2.24) is 15.1 Å². The van der Waals surface area contributed by atoms with Crippen LogP contribution in [0.5, 0.6) is 0 Å². The van der Waals surface area contributed by atoms with Crippen LogP contribution < -0.4 is 5.32 Å². The van der Waals surface area contributed by atoms with Crippen molar-refractivity contribution in [2.24, 2.45) is 0 Å². The van der Waals surface area contributed by atoms with E-state index in [9.17, 15) is 13.2 Å². The Morgan fingerprint density at radius 2 is 2.06 bits per heavy atom. The third kappa shape index (κ3) is 3.63. The normalized spacial score (nSPS) is 11.2. The van der Waals surface area contributed by atoms with Crippen molar-refractivity contribution in [2.75, 3.05) is 25.2 Å². The Labute approximate surface area is 104 Å². The van der Waals surface area contributed by atoms with Crippen molar-refractivity contribution >= 4 is 32.3 Å². The molecule has 0 saturated carbocycles. The molecule has 1 heterocycles. The topological polar surface area (TPSA) is 92.3 Å². The van der Waals surface area contributed by atoms with E-state index >= 15 is 0 Å². The molecule has 0 bridgehead atoms. The van der Waals surface area contributed by atoms with Crippen molar-refractivity contribution in [2.45, 2.75) is 17.7 Å². The smallest absolute Gasteiger partial charge is 0.323 e. The zero-order valence-corrected chi connectivity index (χ0v) is 11.4. The highest BCUT2D eigenvalue weighted by Gasteiger charge is 2.20. The zero-order valence-electron chi connectivity index (χ0n) is 9.80. The molecule has 0 atom stereocenters. The second-order valence-corrected chi connectivity index (χ2v) is 6.78. The summed E-state index contributed by atoms with van der Waals surface area (Å²) in [4.78, 5) is 12.6. The second kappa shape index (κ2) is 5.41. The van der Waals surface area contributed by atoms with E-state index < -0.39 is 9.84 Å². The molecular weight excluding hydrogens is 264 g/mol. The second-order valence-electron chi connectivity index (χ2n) is 3.52. The number of nitrogens with one attached hydrogen (secondary N) is 1. The number of hydrogen-bond donors (Lipinski definition) is 1. The SMILES string of the molecule is CCCS(=O)(=O)c1nnc(NC(=O)N(C)C)s1. The van der Waals surface area contributed by atoms with Gasteiger partial charge in [-0.25, -0.2) is 13.2 Å². The summed E-state index contributed by atoms with van der Waals surface area (Å²) in [6.07, 6.45) is 0.515. The number of nitrogens with zero attached hydrogens (tertiary/aromatic N) is 3. The monoisotopic (exact) mass is 278 g/mol. The van der Waals surface area contributed by atoms with Crippen LogP contribution in [0, 0.1) is 0 Å². The number of carbonyl (C=O) groups excluding carboxylic acids is 1. The first-order valence-electron chi connectivity index (χ1n) is 4.91. The first-order chi connectivity index (χ1) is 7.86. The van der Waals surface area contributed by atoms with Crippen molar-refractivity contribution in [1.29, 1.82) is 0 Å². The van der Waals surface area contributed by atoms with Gasteiger partial charge in [0.1, 0.15) is 0 Å². The van der Waals surface area contributed by atoms with Gasteiger partial charge in [0.2, 0.25) is 19.3 Å². The van der Waals surface area contributed by atoms with Crippen LogP contribution in [-0.4, -0.2) is 49.4 Å². The molecule has 7 nitrogen and oxygen atoms in total. The number of hydrogen-bond acceptors (Lipinski definition) is 6. The van der Waals surface area contributed by atoms with Gasteiger partial charge in [-0.2, -0.15) is 0 Å². The average Bonchev–Trinajstić information content (AvgIpc) is 2.66. The molecule has 96 valence electrons. The Balaban J connectivity index is 2.82. The number of amides is 2. The molecule has 0 saturated heterocycles. The van der Waals surface area contributed by atoms with Crippen molar-refractivity contribution in [3.63, 3.8) is 0 Å². The fraction of sp³-hybridized carbons (Fsp3) is 0.625. The van der Waals surface area contributed by atoms with Crippen molar-refractivity contribution < 1.29 is 13.2 Å². The maximum absolute atomic E-state index is 11.6. The van der Waals surface area contributed by atoms with Crippen LogP contribution in [0.4, 0.5) is 9.93 Å². The van der Waals surface area contributed by atoms with Crippen molar-refractivity contribution in [3.8, 4) is 0 Å². The summed E-state index contributed by atoms with van der Waals surface area (Å²) in [6, 6.07) is -0.374. The van der Waals surface area contributed by atoms with E-state index in [1.165, 1.54) is 4.90 Å². The molecule has 17 heavy (non-hydrogen) atoms. The summed E-state index contributed by atoms with van der Waals surface area (Å²) >= 11 is 0.857. The fourth-order valence-corrected chi connectivity index (χ4v) is 3.28. The Kier molecular flexibility index (Phi) is 4.40. The quantitative estimate of drug-likeness (QED) is 0.823. The minimum absolute atomic E-state index is 0.0310. The van der Waals surface area contributed by atoms with E-state index in [4.69, 9.17) is 0 Å². The molecule has 0 unspecified atom stereocenters. The van der Waals surface area contributed by atoms with E-state index in [0.717, 1.165) is 11.3 Å². The summed E-state index contributed by atoms with van der Waals surface area (Å²) in [5.74, 6) is 0.0310. The lowest BCUT2D eigenvalue weighted by atomic mass is 10.6. The summed E-state index contributed by atoms with van der Waals surface area (Å²) in [7, 11) is -0.217. The largest absolute Gasteiger partial charge is 0.331 e. The predicted octanol–water partition coefficient (Wildman–Crippen LogP) is 0.815. The molecule has 1 rings (SSSR count). The minimum Gasteiger partial charge on any atom is -0.331 e. The van der Waals surface area contributed by atoms with Gasteiger partial charge in [0.05, 0.1) is 5.75 Å². The number of urea groups is 1. The third-order valence-corrected chi connectivity index (χ3v) is 4.97. The highest BCUT2D eigenvalue weighted by molar-refractivity contribution is 7.93. The Morgan fingerprint density at radius 1 is 1.41 bits per heavy atom. The van der Waals surface area contributed by atoms with E-state index in [1.54, 1.807) is 21.0 Å². The standard InChI is InChI=1S/C8H14N4O3S2/c1-4-5-17(14,15)8-11-10-6(16-8)9-7(13)12(2)3/h4-5H2,1-3H3,(H,9,10,13). The molecule has 0 aliphatic heterocycles. The summed E-state index contributed by atoms with van der Waals surface area (Å²) in [5.41, 5.74) is 0. The van der Waals surface area contributed by atoms with Crippen LogP contribution in [-0.2, 0) is 9.84 Å². The van der Waals surface area contributed by atoms with Gasteiger partial charge in [0, 0.05) is 14.1 Å². The van der Waals surface area contributed by atoms with E-state index in [2.05, 4.69) is 15.5 Å². The molecule has 1 aromatic rings. The predicted molar refractivity (Wildman–Crippen MR) is 65.0 cm³/mol. The molecule has 0 aromatic carbocycles. The molecule has 2 amide bonds. The summed E-state index contributed by atoms with van der Waals surface area (Å²) in [5, 5.41) is 9.81. The Bertz CT molecular complexity index is 495. The number of carbonyl (C=O) groups is 1. The maximum Gasteiger partial charge on any atom is 0.323 e. The Hall–Kier alpha value is -1.22. The molecule has 0 fully saturated rings. The maximum atomic E-state index is 11.6. The van der Waals surface area contributed by atoms with Crippen LogP contribution in [0.25, 0.3) is 0 Å². The Morgan fingerprint density at radius 3 is 2.59 bits per heavy atom. The summed E-state index contributed by atoms with van der Waals surface area (Å²) < 4.78 is 23.2. The van der Waals surface area contributed by atoms with Gasteiger partial charge in [-0.15, -0.1) is 10.2 Å². The number of anilines is 1. The highest BCUT2D eigenvalue weighted by Crippen LogP contribution is 2.21. The number of sulfone groups is 1. The molecule has 0 spiro atoms. The van der Waals surface area contributed by atoms with E-state index in [1.807, 2.05) is 0 Å². The first-order valence-corrected chi connectivity index (χ1v) is 7.38. The van der Waals surface area contributed by atoms with Gasteiger partial charge in [-0.3, -0.25) is 5.32 Å². The zero-order chi connectivity index (χ0) is 13.1. The average molecular weight is 278 g/mol. The van der Waals surface area contributed by atoms with Crippen LogP contribution in [0.15, 0.2) is 4.34 Å². The van der Waals surface area contributed by atoms with Gasteiger partial charge in [-0.1, -0.05) is 18.3 Å². The first kappa shape index (κ1) is 13.8. The molecule has 1 aromatic heterocycles.